The molecule has 2 bridgehead atoms. The second kappa shape index (κ2) is 7.25. The van der Waals surface area contributed by atoms with Crippen LogP contribution in [-0.2, 0) is 9.59 Å². The summed E-state index contributed by atoms with van der Waals surface area (Å²) in [6.45, 7) is 5.98. The molecule has 0 heterocycles. The first-order valence-corrected chi connectivity index (χ1v) is 8.32. The molecule has 2 saturated carbocycles. The molecule has 2 fully saturated rings. The number of rotatable bonds is 8. The van der Waals surface area contributed by atoms with Gasteiger partial charge in [-0.3, -0.25) is 9.59 Å². The first kappa shape index (κ1) is 16.3. The number of carbonyl (C=O) groups excluding carboxylic acids is 1. The van der Waals surface area contributed by atoms with Crippen LogP contribution in [0.3, 0.4) is 0 Å². The van der Waals surface area contributed by atoms with E-state index < -0.39 is 5.97 Å². The Kier molecular flexibility index (Phi) is 5.62. The van der Waals surface area contributed by atoms with Crippen molar-refractivity contribution < 1.29 is 14.7 Å². The first-order valence-electron chi connectivity index (χ1n) is 8.32. The Bertz CT molecular complexity index is 380. The highest BCUT2D eigenvalue weighted by Crippen LogP contribution is 2.48. The second-order valence-electron chi connectivity index (χ2n) is 6.48. The maximum absolute atomic E-state index is 12.3. The zero-order valence-corrected chi connectivity index (χ0v) is 13.2. The van der Waals surface area contributed by atoms with Crippen molar-refractivity contribution in [3.8, 4) is 0 Å². The van der Waals surface area contributed by atoms with Crippen LogP contribution < -0.4 is 5.32 Å². The number of hydrogen-bond acceptors (Lipinski definition) is 3. The molecule has 1 amide bonds. The van der Waals surface area contributed by atoms with Gasteiger partial charge in [-0.15, -0.1) is 0 Å². The fourth-order valence-corrected chi connectivity index (χ4v) is 4.16. The van der Waals surface area contributed by atoms with E-state index >= 15 is 0 Å². The fourth-order valence-electron chi connectivity index (χ4n) is 4.16. The minimum atomic E-state index is -0.703. The topological polar surface area (TPSA) is 69.6 Å². The third-order valence-corrected chi connectivity index (χ3v) is 5.03. The predicted octanol–water partition coefficient (Wildman–Crippen LogP) is 1.72. The molecule has 120 valence electrons. The molecule has 5 heteroatoms. The number of carbonyl (C=O) groups is 2. The Morgan fingerprint density at radius 1 is 1.14 bits per heavy atom. The van der Waals surface area contributed by atoms with Crippen molar-refractivity contribution in [1.82, 2.24) is 10.2 Å². The molecule has 2 aliphatic carbocycles. The summed E-state index contributed by atoms with van der Waals surface area (Å²) in [7, 11) is 0. The van der Waals surface area contributed by atoms with Gasteiger partial charge < -0.3 is 15.3 Å². The molecule has 0 aromatic carbocycles. The molecule has 4 unspecified atom stereocenters. The van der Waals surface area contributed by atoms with Gasteiger partial charge in [0.05, 0.1) is 12.5 Å². The summed E-state index contributed by atoms with van der Waals surface area (Å²) in [4.78, 5) is 25.6. The number of nitrogens with zero attached hydrogens (tertiary/aromatic N) is 1. The van der Waals surface area contributed by atoms with E-state index in [0.717, 1.165) is 45.2 Å². The summed E-state index contributed by atoms with van der Waals surface area (Å²) in [5.41, 5.74) is 0. The third-order valence-electron chi connectivity index (χ3n) is 5.03. The number of carboxylic acids is 1. The van der Waals surface area contributed by atoms with Crippen LogP contribution in [0, 0.1) is 17.8 Å². The molecular weight excluding hydrogens is 268 g/mol. The summed E-state index contributed by atoms with van der Waals surface area (Å²) in [5, 5.41) is 12.7. The number of hydrogen-bond donors (Lipinski definition) is 2. The lowest BCUT2D eigenvalue weighted by atomic mass is 9.84. The average Bonchev–Trinajstić information content (AvgIpc) is 3.04. The van der Waals surface area contributed by atoms with Crippen LogP contribution in [-0.4, -0.2) is 47.6 Å². The van der Waals surface area contributed by atoms with E-state index in [4.69, 9.17) is 0 Å². The molecule has 0 radical (unpaired) electrons. The summed E-state index contributed by atoms with van der Waals surface area (Å²) >= 11 is 0. The smallest absolute Gasteiger partial charge is 0.308 e. The SMILES string of the molecule is CCCN(CCC)C(=O)CNC1C2CCC(C2)C1C(=O)O. The van der Waals surface area contributed by atoms with Gasteiger partial charge in [-0.05, 0) is 43.9 Å². The number of aliphatic carboxylic acids is 1. The van der Waals surface area contributed by atoms with E-state index in [1.54, 1.807) is 0 Å². The molecule has 21 heavy (non-hydrogen) atoms. The molecule has 0 spiro atoms. The van der Waals surface area contributed by atoms with Gasteiger partial charge in [0.2, 0.25) is 5.91 Å². The van der Waals surface area contributed by atoms with Crippen LogP contribution in [0.15, 0.2) is 0 Å². The lowest BCUT2D eigenvalue weighted by Gasteiger charge is -2.30. The Balaban J connectivity index is 1.89. The third kappa shape index (κ3) is 3.57. The second-order valence-corrected chi connectivity index (χ2v) is 6.48. The van der Waals surface area contributed by atoms with Crippen LogP contribution >= 0.6 is 0 Å². The number of fused-ring (bicyclic) bond motifs is 2. The normalized spacial score (nSPS) is 30.6. The molecule has 0 saturated heterocycles. The summed E-state index contributed by atoms with van der Waals surface area (Å²) in [5.74, 6) is -0.156. The standard InChI is InChI=1S/C16H28N2O3/c1-3-7-18(8-4-2)13(19)10-17-15-12-6-5-11(9-12)14(15)16(20)21/h11-12,14-15,17H,3-10H2,1-2H3,(H,20,21). The Hall–Kier alpha value is -1.10. The lowest BCUT2D eigenvalue weighted by molar-refractivity contribution is -0.145. The molecule has 0 aromatic heterocycles. The summed E-state index contributed by atoms with van der Waals surface area (Å²) < 4.78 is 0. The van der Waals surface area contributed by atoms with Gasteiger partial charge in [-0.1, -0.05) is 13.8 Å². The lowest BCUT2D eigenvalue weighted by Crippen LogP contribution is -2.48. The van der Waals surface area contributed by atoms with Crippen LogP contribution in [0.25, 0.3) is 0 Å². The zero-order chi connectivity index (χ0) is 15.4. The van der Waals surface area contributed by atoms with E-state index in [2.05, 4.69) is 19.2 Å². The average molecular weight is 296 g/mol. The summed E-state index contributed by atoms with van der Waals surface area (Å²) in [6, 6.07) is -0.0182. The highest BCUT2D eigenvalue weighted by molar-refractivity contribution is 5.78. The van der Waals surface area contributed by atoms with E-state index in [0.29, 0.717) is 11.8 Å². The minimum Gasteiger partial charge on any atom is -0.481 e. The molecule has 4 atom stereocenters. The Morgan fingerprint density at radius 3 is 2.33 bits per heavy atom. The van der Waals surface area contributed by atoms with Gasteiger partial charge in [0, 0.05) is 19.1 Å². The quantitative estimate of drug-likeness (QED) is 0.715. The monoisotopic (exact) mass is 296 g/mol. The van der Waals surface area contributed by atoms with E-state index in [9.17, 15) is 14.7 Å². The van der Waals surface area contributed by atoms with E-state index in [1.807, 2.05) is 4.90 Å². The predicted molar refractivity (Wildman–Crippen MR) is 80.9 cm³/mol. The van der Waals surface area contributed by atoms with Crippen LogP contribution in [0.4, 0.5) is 0 Å². The number of carboxylic acid groups (broad SMARTS) is 1. The molecule has 2 rings (SSSR count). The maximum atomic E-state index is 12.3. The molecular formula is C16H28N2O3. The highest BCUT2D eigenvalue weighted by Gasteiger charge is 2.50. The largest absolute Gasteiger partial charge is 0.481 e. The van der Waals surface area contributed by atoms with Crippen LogP contribution in [0.2, 0.25) is 0 Å². The highest BCUT2D eigenvalue weighted by atomic mass is 16.4. The van der Waals surface area contributed by atoms with E-state index in [1.165, 1.54) is 0 Å². The fraction of sp³-hybridized carbons (Fsp3) is 0.875. The zero-order valence-electron chi connectivity index (χ0n) is 13.2. The number of nitrogens with one attached hydrogen (secondary N) is 1. The van der Waals surface area contributed by atoms with Gasteiger partial charge in [0.15, 0.2) is 0 Å². The van der Waals surface area contributed by atoms with Crippen molar-refractivity contribution in [2.75, 3.05) is 19.6 Å². The Morgan fingerprint density at radius 2 is 1.76 bits per heavy atom. The van der Waals surface area contributed by atoms with E-state index in [-0.39, 0.29) is 24.4 Å². The van der Waals surface area contributed by atoms with Crippen molar-refractivity contribution in [3.63, 3.8) is 0 Å². The van der Waals surface area contributed by atoms with Crippen molar-refractivity contribution in [2.24, 2.45) is 17.8 Å². The number of amides is 1. The molecule has 5 nitrogen and oxygen atoms in total. The molecule has 2 N–H and O–H groups in total. The van der Waals surface area contributed by atoms with Crippen molar-refractivity contribution in [1.29, 1.82) is 0 Å². The van der Waals surface area contributed by atoms with Crippen molar-refractivity contribution in [3.05, 3.63) is 0 Å². The molecule has 0 aromatic rings. The van der Waals surface area contributed by atoms with Gasteiger partial charge in [0.1, 0.15) is 0 Å². The molecule has 2 aliphatic rings. The van der Waals surface area contributed by atoms with Crippen LogP contribution in [0.5, 0.6) is 0 Å². The maximum Gasteiger partial charge on any atom is 0.308 e. The van der Waals surface area contributed by atoms with Crippen LogP contribution in [0.1, 0.15) is 46.0 Å². The van der Waals surface area contributed by atoms with Crippen molar-refractivity contribution >= 4 is 11.9 Å². The summed E-state index contributed by atoms with van der Waals surface area (Å²) in [6.07, 6.45) is 5.06. The van der Waals surface area contributed by atoms with Gasteiger partial charge in [0.25, 0.3) is 0 Å². The van der Waals surface area contributed by atoms with Gasteiger partial charge in [-0.25, -0.2) is 0 Å². The first-order chi connectivity index (χ1) is 10.1. The Labute approximate surface area is 127 Å². The minimum absolute atomic E-state index is 0.0182. The molecule has 0 aliphatic heterocycles. The van der Waals surface area contributed by atoms with Gasteiger partial charge >= 0.3 is 5.97 Å². The van der Waals surface area contributed by atoms with Crippen molar-refractivity contribution in [2.45, 2.75) is 52.0 Å². The van der Waals surface area contributed by atoms with Gasteiger partial charge in [-0.2, -0.15) is 0 Å².